The van der Waals surface area contributed by atoms with Gasteiger partial charge in [0.1, 0.15) is 11.9 Å². The normalized spacial score (nSPS) is 12.1. The Morgan fingerprint density at radius 3 is 2.32 bits per heavy atom. The van der Waals surface area contributed by atoms with Crippen LogP contribution in [-0.2, 0) is 5.75 Å². The first-order valence-electron chi connectivity index (χ1n) is 5.95. The molecule has 4 N–H and O–H groups in total. The number of nitrogens with one attached hydrogen (secondary N) is 1. The summed E-state index contributed by atoms with van der Waals surface area (Å²) in [5, 5.41) is 16.9. The number of hydrogen-bond donors (Lipinski definition) is 3. The molecule has 0 aliphatic rings. The van der Waals surface area contributed by atoms with Gasteiger partial charge in [-0.25, -0.2) is 0 Å². The van der Waals surface area contributed by atoms with Gasteiger partial charge in [0.05, 0.1) is 0 Å². The second-order valence-electron chi connectivity index (χ2n) is 4.20. The van der Waals surface area contributed by atoms with Gasteiger partial charge in [0, 0.05) is 10.6 Å². The Kier molecular flexibility index (Phi) is 4.60. The van der Waals surface area contributed by atoms with Crippen molar-refractivity contribution in [2.75, 3.05) is 0 Å². The van der Waals surface area contributed by atoms with Crippen LogP contribution in [0.3, 0.4) is 0 Å². The van der Waals surface area contributed by atoms with Crippen molar-refractivity contribution in [3.8, 4) is 0 Å². The Morgan fingerprint density at radius 1 is 1.11 bits per heavy atom. The third kappa shape index (κ3) is 3.84. The van der Waals surface area contributed by atoms with Crippen molar-refractivity contribution >= 4 is 17.6 Å². The predicted molar refractivity (Wildman–Crippen MR) is 79.3 cm³/mol. The number of aliphatic hydroxyl groups is 1. The molecule has 0 heterocycles. The molecule has 0 amide bonds. The third-order valence-corrected chi connectivity index (χ3v) is 3.82. The fourth-order valence-electron chi connectivity index (χ4n) is 1.66. The van der Waals surface area contributed by atoms with E-state index in [1.807, 2.05) is 42.5 Å². The summed E-state index contributed by atoms with van der Waals surface area (Å²) < 4.78 is 0. The summed E-state index contributed by atoms with van der Waals surface area (Å²) in [4.78, 5) is 1.23. The zero-order chi connectivity index (χ0) is 13.7. The Balaban J connectivity index is 1.97. The molecular formula is C15H16N2OS. The molecule has 0 aromatic heterocycles. The maximum absolute atomic E-state index is 9.64. The van der Waals surface area contributed by atoms with E-state index in [-0.39, 0.29) is 5.84 Å². The lowest BCUT2D eigenvalue weighted by Gasteiger charge is -2.09. The molecule has 0 radical (unpaired) electrons. The minimum absolute atomic E-state index is 0.230. The summed E-state index contributed by atoms with van der Waals surface area (Å²) in [5.74, 6) is 0.645. The highest BCUT2D eigenvalue weighted by Gasteiger charge is 2.09. The molecule has 0 bridgehead atoms. The van der Waals surface area contributed by atoms with E-state index >= 15 is 0 Å². The quantitative estimate of drug-likeness (QED) is 0.445. The number of aliphatic hydroxyl groups excluding tert-OH is 1. The minimum atomic E-state index is -1.00. The van der Waals surface area contributed by atoms with Crippen LogP contribution < -0.4 is 5.73 Å². The summed E-state index contributed by atoms with van der Waals surface area (Å²) in [5.41, 5.74) is 7.10. The third-order valence-electron chi connectivity index (χ3n) is 2.74. The van der Waals surface area contributed by atoms with E-state index in [0.29, 0.717) is 5.56 Å². The average molecular weight is 272 g/mol. The van der Waals surface area contributed by atoms with Crippen molar-refractivity contribution in [1.29, 1.82) is 5.41 Å². The van der Waals surface area contributed by atoms with Gasteiger partial charge < -0.3 is 10.8 Å². The molecule has 1 atom stereocenters. The fourth-order valence-corrected chi connectivity index (χ4v) is 2.53. The summed E-state index contributed by atoms with van der Waals surface area (Å²) in [6, 6.07) is 17.7. The monoisotopic (exact) mass is 272 g/mol. The van der Waals surface area contributed by atoms with Crippen molar-refractivity contribution in [3.05, 3.63) is 65.7 Å². The summed E-state index contributed by atoms with van der Waals surface area (Å²) in [7, 11) is 0. The van der Waals surface area contributed by atoms with Crippen LogP contribution in [0, 0.1) is 5.41 Å². The van der Waals surface area contributed by atoms with Crippen LogP contribution in [0.25, 0.3) is 0 Å². The Morgan fingerprint density at radius 2 is 1.74 bits per heavy atom. The first kappa shape index (κ1) is 13.6. The maximum atomic E-state index is 9.64. The van der Waals surface area contributed by atoms with E-state index < -0.39 is 6.10 Å². The minimum Gasteiger partial charge on any atom is -0.385 e. The second kappa shape index (κ2) is 6.41. The molecule has 2 rings (SSSR count). The average Bonchev–Trinajstić information content (AvgIpc) is 2.46. The van der Waals surface area contributed by atoms with Gasteiger partial charge in [-0.1, -0.05) is 42.5 Å². The largest absolute Gasteiger partial charge is 0.385 e. The topological polar surface area (TPSA) is 70.1 Å². The number of hydrogen-bond acceptors (Lipinski definition) is 3. The van der Waals surface area contributed by atoms with E-state index in [0.717, 1.165) is 5.75 Å². The van der Waals surface area contributed by atoms with Crippen LogP contribution in [0.2, 0.25) is 0 Å². The lowest BCUT2D eigenvalue weighted by atomic mass is 10.1. The Bertz CT molecular complexity index is 540. The molecule has 0 fully saturated rings. The smallest absolute Gasteiger partial charge is 0.135 e. The van der Waals surface area contributed by atoms with Crippen LogP contribution in [0.4, 0.5) is 0 Å². The highest BCUT2D eigenvalue weighted by molar-refractivity contribution is 7.98. The van der Waals surface area contributed by atoms with E-state index in [9.17, 15) is 5.11 Å². The molecule has 0 aliphatic carbocycles. The fraction of sp³-hybridized carbons (Fsp3) is 0.133. The standard InChI is InChI=1S/C15H16N2OS/c16-15(17)14(18)12-8-6-11(7-9-12)10-19-13-4-2-1-3-5-13/h1-9,14,18H,10H2,(H3,16,17). The van der Waals surface area contributed by atoms with E-state index in [1.165, 1.54) is 10.5 Å². The van der Waals surface area contributed by atoms with Gasteiger partial charge in [-0.3, -0.25) is 5.41 Å². The predicted octanol–water partition coefficient (Wildman–Crippen LogP) is 2.95. The van der Waals surface area contributed by atoms with Crippen molar-refractivity contribution in [2.24, 2.45) is 5.73 Å². The highest BCUT2D eigenvalue weighted by Crippen LogP contribution is 2.23. The van der Waals surface area contributed by atoms with Crippen LogP contribution in [0.5, 0.6) is 0 Å². The number of amidine groups is 1. The molecule has 0 saturated heterocycles. The molecule has 0 aliphatic heterocycles. The van der Waals surface area contributed by atoms with Gasteiger partial charge in [-0.15, -0.1) is 11.8 Å². The number of nitrogens with two attached hydrogens (primary N) is 1. The van der Waals surface area contributed by atoms with Gasteiger partial charge in [0.15, 0.2) is 0 Å². The zero-order valence-corrected chi connectivity index (χ0v) is 11.2. The van der Waals surface area contributed by atoms with Crippen molar-refractivity contribution < 1.29 is 5.11 Å². The molecule has 0 spiro atoms. The Hall–Kier alpha value is -1.78. The van der Waals surface area contributed by atoms with Gasteiger partial charge in [0.25, 0.3) is 0 Å². The van der Waals surface area contributed by atoms with Gasteiger partial charge in [0.2, 0.25) is 0 Å². The second-order valence-corrected chi connectivity index (χ2v) is 5.25. The summed E-state index contributed by atoms with van der Waals surface area (Å²) in [6.07, 6.45) is -1.00. The molecule has 19 heavy (non-hydrogen) atoms. The van der Waals surface area contributed by atoms with Crippen LogP contribution in [0.15, 0.2) is 59.5 Å². The van der Waals surface area contributed by atoms with Gasteiger partial charge in [-0.2, -0.15) is 0 Å². The SMILES string of the molecule is N=C(N)C(O)c1ccc(CSc2ccccc2)cc1. The molecule has 98 valence electrons. The lowest BCUT2D eigenvalue weighted by Crippen LogP contribution is -2.19. The molecular weight excluding hydrogens is 256 g/mol. The van der Waals surface area contributed by atoms with E-state index in [1.54, 1.807) is 11.8 Å². The molecule has 0 saturated carbocycles. The van der Waals surface area contributed by atoms with E-state index in [2.05, 4.69) is 12.1 Å². The highest BCUT2D eigenvalue weighted by atomic mass is 32.2. The first-order chi connectivity index (χ1) is 9.16. The Labute approximate surface area is 117 Å². The summed E-state index contributed by atoms with van der Waals surface area (Å²) in [6.45, 7) is 0. The zero-order valence-electron chi connectivity index (χ0n) is 10.4. The van der Waals surface area contributed by atoms with Crippen molar-refractivity contribution in [3.63, 3.8) is 0 Å². The molecule has 2 aromatic rings. The molecule has 2 aromatic carbocycles. The van der Waals surface area contributed by atoms with Crippen LogP contribution in [0.1, 0.15) is 17.2 Å². The lowest BCUT2D eigenvalue weighted by molar-refractivity contribution is 0.245. The number of thioether (sulfide) groups is 1. The molecule has 1 unspecified atom stereocenters. The van der Waals surface area contributed by atoms with E-state index in [4.69, 9.17) is 11.1 Å². The molecule has 4 heteroatoms. The summed E-state index contributed by atoms with van der Waals surface area (Å²) >= 11 is 1.76. The van der Waals surface area contributed by atoms with Crippen molar-refractivity contribution in [2.45, 2.75) is 16.8 Å². The molecule has 3 nitrogen and oxygen atoms in total. The van der Waals surface area contributed by atoms with Crippen molar-refractivity contribution in [1.82, 2.24) is 0 Å². The first-order valence-corrected chi connectivity index (χ1v) is 6.94. The van der Waals surface area contributed by atoms with Gasteiger partial charge >= 0.3 is 0 Å². The van der Waals surface area contributed by atoms with Crippen LogP contribution in [-0.4, -0.2) is 10.9 Å². The number of benzene rings is 2. The maximum Gasteiger partial charge on any atom is 0.135 e. The van der Waals surface area contributed by atoms with Gasteiger partial charge in [-0.05, 0) is 23.3 Å². The van der Waals surface area contributed by atoms with Crippen LogP contribution >= 0.6 is 11.8 Å². The number of rotatable bonds is 5.